The minimum atomic E-state index is -1.26. The molecule has 0 aromatic heterocycles. The summed E-state index contributed by atoms with van der Waals surface area (Å²) >= 11 is 0. The lowest BCUT2D eigenvalue weighted by Gasteiger charge is -2.37. The second-order valence-electron chi connectivity index (χ2n) is 14.0. The molecule has 0 aliphatic carbocycles. The Kier molecular flexibility index (Phi) is 12.1. The van der Waals surface area contributed by atoms with E-state index in [-0.39, 0.29) is 50.4 Å². The first kappa shape index (κ1) is 37.9. The molecule has 3 aliphatic rings. The number of rotatable bonds is 18. The zero-order valence-electron chi connectivity index (χ0n) is 30.2. The Morgan fingerprint density at radius 3 is 2.53 bits per heavy atom. The number of nitrogens with zero attached hydrogens (tertiary/aromatic N) is 2. The maximum atomic E-state index is 14.9. The molecule has 3 aliphatic heterocycles. The van der Waals surface area contributed by atoms with Gasteiger partial charge >= 0.3 is 5.97 Å². The van der Waals surface area contributed by atoms with E-state index in [0.717, 1.165) is 10.8 Å². The van der Waals surface area contributed by atoms with Gasteiger partial charge in [-0.3, -0.25) is 19.2 Å². The summed E-state index contributed by atoms with van der Waals surface area (Å²) in [7, 11) is 1.51. The Morgan fingerprint density at radius 1 is 1.06 bits per heavy atom. The molecule has 3 heterocycles. The molecule has 2 bridgehead atoms. The highest BCUT2D eigenvalue weighted by Gasteiger charge is 2.75. The van der Waals surface area contributed by atoms with E-state index in [4.69, 9.17) is 14.2 Å². The molecule has 0 radical (unpaired) electrons. The molecule has 0 saturated carbocycles. The number of hydrogen-bond acceptors (Lipinski definition) is 8. The van der Waals surface area contributed by atoms with Crippen molar-refractivity contribution in [3.63, 3.8) is 0 Å². The number of aliphatic hydroxyl groups excluding tert-OH is 1. The molecule has 3 aromatic carbocycles. The van der Waals surface area contributed by atoms with Gasteiger partial charge in [-0.2, -0.15) is 0 Å². The van der Waals surface area contributed by atoms with E-state index in [1.165, 1.54) is 7.11 Å². The zero-order valence-corrected chi connectivity index (χ0v) is 30.2. The minimum absolute atomic E-state index is 0.0595. The lowest BCUT2D eigenvalue weighted by atomic mass is 9.70. The Bertz CT molecular complexity index is 1820. The fraction of sp³-hybridized carbons (Fsp3) is 0.429. The van der Waals surface area contributed by atoms with Crippen molar-refractivity contribution in [2.24, 2.45) is 11.8 Å². The normalized spacial score (nSPS) is 24.0. The summed E-state index contributed by atoms with van der Waals surface area (Å²) in [5.74, 6) is -3.48. The van der Waals surface area contributed by atoms with Crippen LogP contribution < -0.4 is 10.2 Å². The minimum Gasteiger partial charge on any atom is -0.455 e. The lowest BCUT2D eigenvalue weighted by Crippen LogP contribution is -2.56. The van der Waals surface area contributed by atoms with E-state index >= 15 is 0 Å². The number of unbranched alkanes of at least 4 members (excludes halogenated alkanes) is 1. The van der Waals surface area contributed by atoms with Gasteiger partial charge in [0.25, 0.3) is 5.91 Å². The largest absolute Gasteiger partial charge is 0.455 e. The van der Waals surface area contributed by atoms with Crippen molar-refractivity contribution < 1.29 is 38.5 Å². The highest BCUT2D eigenvalue weighted by Crippen LogP contribution is 2.59. The van der Waals surface area contributed by atoms with Crippen LogP contribution in [0.15, 0.2) is 98.1 Å². The molecule has 2 N–H and O–H groups in total. The lowest BCUT2D eigenvalue weighted by molar-refractivity contribution is -0.163. The Labute approximate surface area is 310 Å². The quantitative estimate of drug-likeness (QED) is 0.108. The molecular weight excluding hydrogens is 674 g/mol. The van der Waals surface area contributed by atoms with Crippen LogP contribution in [-0.4, -0.2) is 90.9 Å². The number of methoxy groups -OCH3 is 1. The summed E-state index contributed by atoms with van der Waals surface area (Å²) in [6.07, 6.45) is 4.21. The first-order valence-electron chi connectivity index (χ1n) is 18.4. The highest BCUT2D eigenvalue weighted by atomic mass is 16.6. The number of amides is 3. The number of carbonyl (C=O) groups excluding carboxylic acids is 4. The monoisotopic (exact) mass is 723 g/mol. The summed E-state index contributed by atoms with van der Waals surface area (Å²) in [5.41, 5.74) is 0.0489. The van der Waals surface area contributed by atoms with E-state index in [0.29, 0.717) is 43.4 Å². The van der Waals surface area contributed by atoms with E-state index < -0.39 is 47.7 Å². The second-order valence-corrected chi connectivity index (χ2v) is 14.0. The maximum Gasteiger partial charge on any atom is 0.313 e. The zero-order chi connectivity index (χ0) is 37.5. The number of aliphatic hydroxyl groups is 1. The van der Waals surface area contributed by atoms with Crippen LogP contribution in [-0.2, 0) is 33.4 Å². The number of anilines is 1. The Balaban J connectivity index is 1.34. The SMILES string of the molecule is C=CCCC(=O)N[C@H](COC)[C@H](OC(=O)[C@@H]1[C@@H]2CC[C@]3(O2)[C@H](C(=O)N(CC=C)c2ccc4ccccc4c2)N(CCCCO)C(=O)[C@@H]13)c1ccccc1. The summed E-state index contributed by atoms with van der Waals surface area (Å²) < 4.78 is 18.5. The van der Waals surface area contributed by atoms with Gasteiger partial charge in [-0.1, -0.05) is 72.8 Å². The van der Waals surface area contributed by atoms with Crippen LogP contribution in [0.3, 0.4) is 0 Å². The van der Waals surface area contributed by atoms with Crippen LogP contribution >= 0.6 is 0 Å². The van der Waals surface area contributed by atoms with E-state index in [9.17, 15) is 24.3 Å². The standard InChI is InChI=1S/C42H49N3O8/c1-4-6-18-34(47)43-32(27-51-3)37(29-15-8-7-9-16-29)52-41(50)35-33-21-22-42(53-33)36(35)39(48)45(24-12-13-25-46)38(42)40(49)44(23-5-2)31-20-19-28-14-10-11-17-30(28)26-31/h4-5,7-11,14-17,19-20,26,32-33,35-38,46H,1-2,6,12-13,18,21-25,27H2,3H3,(H,43,47)/t32-,33+,35-,36-,37-,38+,42-/m1/s1. The molecular formula is C42H49N3O8. The third-order valence-corrected chi connectivity index (χ3v) is 10.7. The molecule has 1 spiro atoms. The van der Waals surface area contributed by atoms with E-state index in [1.807, 2.05) is 72.8 Å². The van der Waals surface area contributed by atoms with Gasteiger partial charge in [-0.05, 0) is 60.6 Å². The molecule has 53 heavy (non-hydrogen) atoms. The number of hydrogen-bond donors (Lipinski definition) is 2. The number of carbonyl (C=O) groups is 4. The first-order chi connectivity index (χ1) is 25.8. The van der Waals surface area contributed by atoms with Crippen LogP contribution in [0.5, 0.6) is 0 Å². The molecule has 3 fully saturated rings. The number of allylic oxidation sites excluding steroid dienone is 1. The van der Waals surface area contributed by atoms with Crippen LogP contribution in [0.1, 0.15) is 50.2 Å². The fourth-order valence-corrected chi connectivity index (χ4v) is 8.40. The van der Waals surface area contributed by atoms with Gasteiger partial charge in [0, 0.05) is 38.9 Å². The number of ether oxygens (including phenoxy) is 3. The number of benzene rings is 3. The molecule has 6 rings (SSSR count). The molecule has 0 unspecified atom stereocenters. The van der Waals surface area contributed by atoms with Crippen LogP contribution in [0, 0.1) is 11.8 Å². The van der Waals surface area contributed by atoms with E-state index in [2.05, 4.69) is 18.5 Å². The Hall–Kier alpha value is -4.84. The average molecular weight is 724 g/mol. The molecule has 3 saturated heterocycles. The first-order valence-corrected chi connectivity index (χ1v) is 18.4. The number of fused-ring (bicyclic) bond motifs is 2. The van der Waals surface area contributed by atoms with E-state index in [1.54, 1.807) is 22.0 Å². The van der Waals surface area contributed by atoms with Gasteiger partial charge in [-0.25, -0.2) is 0 Å². The molecule has 280 valence electrons. The summed E-state index contributed by atoms with van der Waals surface area (Å²) in [6.45, 7) is 8.02. The molecule has 3 aromatic rings. The predicted molar refractivity (Wildman–Crippen MR) is 201 cm³/mol. The van der Waals surface area contributed by atoms with Gasteiger partial charge in [0.1, 0.15) is 17.7 Å². The third kappa shape index (κ3) is 7.51. The average Bonchev–Trinajstić information content (AvgIpc) is 3.82. The van der Waals surface area contributed by atoms with Crippen molar-refractivity contribution in [1.82, 2.24) is 10.2 Å². The summed E-state index contributed by atoms with van der Waals surface area (Å²) in [5, 5.41) is 14.6. The van der Waals surface area contributed by atoms with Crippen LogP contribution in [0.2, 0.25) is 0 Å². The van der Waals surface area contributed by atoms with Gasteiger partial charge in [-0.15, -0.1) is 13.2 Å². The summed E-state index contributed by atoms with van der Waals surface area (Å²) in [6, 6.07) is 21.0. The van der Waals surface area contributed by atoms with Crippen molar-refractivity contribution in [3.8, 4) is 0 Å². The second kappa shape index (κ2) is 16.9. The van der Waals surface area contributed by atoms with Crippen molar-refractivity contribution in [1.29, 1.82) is 0 Å². The predicted octanol–water partition coefficient (Wildman–Crippen LogP) is 4.89. The van der Waals surface area contributed by atoms with Gasteiger partial charge in [0.05, 0.1) is 30.6 Å². The molecule has 7 atom stereocenters. The Morgan fingerprint density at radius 2 is 1.81 bits per heavy atom. The number of nitrogens with one attached hydrogen (secondary N) is 1. The van der Waals surface area contributed by atoms with Crippen molar-refractivity contribution in [3.05, 3.63) is 104 Å². The maximum absolute atomic E-state index is 14.9. The molecule has 11 heteroatoms. The van der Waals surface area contributed by atoms with Crippen molar-refractivity contribution in [2.45, 2.75) is 68.4 Å². The van der Waals surface area contributed by atoms with Crippen molar-refractivity contribution in [2.75, 3.05) is 38.3 Å². The van der Waals surface area contributed by atoms with Crippen LogP contribution in [0.4, 0.5) is 5.69 Å². The number of esters is 1. The smallest absolute Gasteiger partial charge is 0.313 e. The fourth-order valence-electron chi connectivity index (χ4n) is 8.40. The number of likely N-dealkylation sites (tertiary alicyclic amines) is 1. The molecule has 11 nitrogen and oxygen atoms in total. The third-order valence-electron chi connectivity index (χ3n) is 10.7. The topological polar surface area (TPSA) is 135 Å². The highest BCUT2D eigenvalue weighted by molar-refractivity contribution is 6.05. The van der Waals surface area contributed by atoms with Gasteiger partial charge in [0.2, 0.25) is 11.8 Å². The van der Waals surface area contributed by atoms with Gasteiger partial charge in [0.15, 0.2) is 0 Å². The summed E-state index contributed by atoms with van der Waals surface area (Å²) in [4.78, 5) is 60.2. The van der Waals surface area contributed by atoms with Crippen LogP contribution in [0.25, 0.3) is 10.8 Å². The molecule has 3 amide bonds. The van der Waals surface area contributed by atoms with Crippen molar-refractivity contribution >= 4 is 40.2 Å². The van der Waals surface area contributed by atoms with Gasteiger partial charge < -0.3 is 34.4 Å².